The molecule has 0 aromatic heterocycles. The Kier molecular flexibility index (Phi) is 3.76. The standard InChI is InChI=1S/C14H30N2/c1-8-16-12(2,3)10-15-9-11-13(4,5)14(11,6)7/h11,15-16H,8-10H2,1-7H3. The van der Waals surface area contributed by atoms with Crippen LogP contribution in [0.5, 0.6) is 0 Å². The number of likely N-dealkylation sites (N-methyl/N-ethyl adjacent to an activating group) is 1. The van der Waals surface area contributed by atoms with Crippen molar-refractivity contribution in [3.05, 3.63) is 0 Å². The van der Waals surface area contributed by atoms with Crippen LogP contribution in [0.2, 0.25) is 0 Å². The van der Waals surface area contributed by atoms with Crippen molar-refractivity contribution in [2.75, 3.05) is 19.6 Å². The van der Waals surface area contributed by atoms with Gasteiger partial charge in [0.25, 0.3) is 0 Å². The fourth-order valence-corrected chi connectivity index (χ4v) is 2.91. The van der Waals surface area contributed by atoms with E-state index in [1.54, 1.807) is 0 Å². The number of hydrogen-bond acceptors (Lipinski definition) is 2. The van der Waals surface area contributed by atoms with Crippen molar-refractivity contribution >= 4 is 0 Å². The van der Waals surface area contributed by atoms with Crippen molar-refractivity contribution < 1.29 is 0 Å². The molecule has 0 saturated heterocycles. The van der Waals surface area contributed by atoms with E-state index in [2.05, 4.69) is 59.1 Å². The first-order chi connectivity index (χ1) is 7.15. The maximum atomic E-state index is 3.62. The minimum Gasteiger partial charge on any atom is -0.315 e. The fraction of sp³-hybridized carbons (Fsp3) is 1.00. The van der Waals surface area contributed by atoms with Crippen LogP contribution in [0.25, 0.3) is 0 Å². The summed E-state index contributed by atoms with van der Waals surface area (Å²) < 4.78 is 0. The van der Waals surface area contributed by atoms with Crippen LogP contribution in [-0.4, -0.2) is 25.2 Å². The fourth-order valence-electron chi connectivity index (χ4n) is 2.91. The van der Waals surface area contributed by atoms with Crippen LogP contribution in [0, 0.1) is 16.7 Å². The lowest BCUT2D eigenvalue weighted by Gasteiger charge is -2.26. The van der Waals surface area contributed by atoms with Gasteiger partial charge in [-0.25, -0.2) is 0 Å². The monoisotopic (exact) mass is 226 g/mol. The Bertz CT molecular complexity index is 227. The van der Waals surface area contributed by atoms with Gasteiger partial charge in [-0.1, -0.05) is 34.6 Å². The molecule has 0 amide bonds. The third-order valence-electron chi connectivity index (χ3n) is 4.89. The Morgan fingerprint density at radius 2 is 1.56 bits per heavy atom. The molecule has 0 bridgehead atoms. The first-order valence-electron chi connectivity index (χ1n) is 6.61. The molecule has 0 atom stereocenters. The molecule has 1 aliphatic carbocycles. The van der Waals surface area contributed by atoms with Gasteiger partial charge in [0.1, 0.15) is 0 Å². The van der Waals surface area contributed by atoms with Gasteiger partial charge in [-0.3, -0.25) is 0 Å². The summed E-state index contributed by atoms with van der Waals surface area (Å²) in [5.41, 5.74) is 1.21. The molecule has 0 aromatic rings. The molecule has 0 radical (unpaired) electrons. The van der Waals surface area contributed by atoms with Crippen molar-refractivity contribution in [2.24, 2.45) is 16.7 Å². The molecule has 0 aliphatic heterocycles. The van der Waals surface area contributed by atoms with E-state index in [-0.39, 0.29) is 5.54 Å². The topological polar surface area (TPSA) is 24.1 Å². The molecule has 96 valence electrons. The van der Waals surface area contributed by atoms with Crippen LogP contribution in [0.4, 0.5) is 0 Å². The molecule has 0 heterocycles. The molecular formula is C14H30N2. The number of rotatable bonds is 6. The van der Waals surface area contributed by atoms with Gasteiger partial charge in [0.05, 0.1) is 0 Å². The molecule has 2 N–H and O–H groups in total. The molecule has 16 heavy (non-hydrogen) atoms. The largest absolute Gasteiger partial charge is 0.315 e. The van der Waals surface area contributed by atoms with Crippen molar-refractivity contribution in [2.45, 2.75) is 54.0 Å². The summed E-state index contributed by atoms with van der Waals surface area (Å²) in [5, 5.41) is 7.12. The molecule has 1 aliphatic rings. The van der Waals surface area contributed by atoms with E-state index in [4.69, 9.17) is 0 Å². The van der Waals surface area contributed by atoms with E-state index in [1.807, 2.05) is 0 Å². The van der Waals surface area contributed by atoms with Crippen molar-refractivity contribution in [1.82, 2.24) is 10.6 Å². The average molecular weight is 226 g/mol. The highest BCUT2D eigenvalue weighted by molar-refractivity contribution is 5.12. The van der Waals surface area contributed by atoms with E-state index in [1.165, 1.54) is 0 Å². The Morgan fingerprint density at radius 1 is 1.06 bits per heavy atom. The molecule has 0 spiro atoms. The van der Waals surface area contributed by atoms with Crippen molar-refractivity contribution in [3.8, 4) is 0 Å². The van der Waals surface area contributed by atoms with Gasteiger partial charge >= 0.3 is 0 Å². The zero-order valence-corrected chi connectivity index (χ0v) is 12.2. The predicted molar refractivity (Wildman–Crippen MR) is 71.7 cm³/mol. The minimum atomic E-state index is 0.206. The summed E-state index contributed by atoms with van der Waals surface area (Å²) >= 11 is 0. The average Bonchev–Trinajstić information content (AvgIpc) is 2.47. The van der Waals surface area contributed by atoms with Crippen LogP contribution in [-0.2, 0) is 0 Å². The highest BCUT2D eigenvalue weighted by Crippen LogP contribution is 2.67. The molecule has 2 nitrogen and oxygen atoms in total. The van der Waals surface area contributed by atoms with E-state index >= 15 is 0 Å². The smallest absolute Gasteiger partial charge is 0.0249 e. The first-order valence-corrected chi connectivity index (χ1v) is 6.61. The second kappa shape index (κ2) is 4.30. The molecule has 1 saturated carbocycles. The van der Waals surface area contributed by atoms with Gasteiger partial charge in [0.2, 0.25) is 0 Å². The molecule has 1 fully saturated rings. The van der Waals surface area contributed by atoms with Crippen LogP contribution in [0.1, 0.15) is 48.5 Å². The van der Waals surface area contributed by atoms with Gasteiger partial charge in [-0.05, 0) is 43.7 Å². The predicted octanol–water partition coefficient (Wildman–Crippen LogP) is 2.65. The van der Waals surface area contributed by atoms with Gasteiger partial charge in [0.15, 0.2) is 0 Å². The zero-order valence-electron chi connectivity index (χ0n) is 12.2. The maximum absolute atomic E-state index is 3.62. The normalized spacial score (nSPS) is 23.4. The van der Waals surface area contributed by atoms with Gasteiger partial charge in [-0.15, -0.1) is 0 Å². The number of nitrogens with one attached hydrogen (secondary N) is 2. The zero-order chi connectivity index (χ0) is 12.6. The first kappa shape index (κ1) is 14.0. The second-order valence-electron chi connectivity index (χ2n) is 7.04. The summed E-state index contributed by atoms with van der Waals surface area (Å²) in [6.45, 7) is 19.4. The summed E-state index contributed by atoms with van der Waals surface area (Å²) in [7, 11) is 0. The molecule has 2 heteroatoms. The van der Waals surface area contributed by atoms with Crippen LogP contribution < -0.4 is 10.6 Å². The molecular weight excluding hydrogens is 196 g/mol. The second-order valence-corrected chi connectivity index (χ2v) is 7.04. The third kappa shape index (κ3) is 2.60. The Morgan fingerprint density at radius 3 is 1.94 bits per heavy atom. The van der Waals surface area contributed by atoms with Crippen LogP contribution in [0.3, 0.4) is 0 Å². The minimum absolute atomic E-state index is 0.206. The molecule has 0 aromatic carbocycles. The van der Waals surface area contributed by atoms with E-state index < -0.39 is 0 Å². The van der Waals surface area contributed by atoms with E-state index in [9.17, 15) is 0 Å². The Balaban J connectivity index is 2.28. The summed E-state index contributed by atoms with van der Waals surface area (Å²) in [5.74, 6) is 0.817. The lowest BCUT2D eigenvalue weighted by molar-refractivity contribution is 0.364. The van der Waals surface area contributed by atoms with Gasteiger partial charge in [0, 0.05) is 12.1 Å². The molecule has 1 rings (SSSR count). The maximum Gasteiger partial charge on any atom is 0.0249 e. The lowest BCUT2D eigenvalue weighted by atomic mass is 10.0. The highest BCUT2D eigenvalue weighted by atomic mass is 15.0. The molecule has 0 unspecified atom stereocenters. The van der Waals surface area contributed by atoms with Crippen molar-refractivity contribution in [1.29, 1.82) is 0 Å². The Hall–Kier alpha value is -0.0800. The number of hydrogen-bond donors (Lipinski definition) is 2. The quantitative estimate of drug-likeness (QED) is 0.727. The summed E-state index contributed by atoms with van der Waals surface area (Å²) in [6.07, 6.45) is 0. The van der Waals surface area contributed by atoms with Gasteiger partial charge in [-0.2, -0.15) is 0 Å². The third-order valence-corrected chi connectivity index (χ3v) is 4.89. The van der Waals surface area contributed by atoms with Gasteiger partial charge < -0.3 is 10.6 Å². The van der Waals surface area contributed by atoms with E-state index in [0.717, 1.165) is 25.6 Å². The summed E-state index contributed by atoms with van der Waals surface area (Å²) in [4.78, 5) is 0. The van der Waals surface area contributed by atoms with Crippen LogP contribution in [0.15, 0.2) is 0 Å². The van der Waals surface area contributed by atoms with Crippen molar-refractivity contribution in [3.63, 3.8) is 0 Å². The van der Waals surface area contributed by atoms with Crippen LogP contribution >= 0.6 is 0 Å². The lowest BCUT2D eigenvalue weighted by Crippen LogP contribution is -2.48. The Labute approximate surface area is 102 Å². The SMILES string of the molecule is CCNC(C)(C)CNCC1C(C)(C)C1(C)C. The highest BCUT2D eigenvalue weighted by Gasteiger charge is 2.63. The van der Waals surface area contributed by atoms with E-state index in [0.29, 0.717) is 10.8 Å². The summed E-state index contributed by atoms with van der Waals surface area (Å²) in [6, 6.07) is 0.